The Morgan fingerprint density at radius 2 is 1.96 bits per heavy atom. The van der Waals surface area contributed by atoms with Crippen molar-refractivity contribution < 1.29 is 9.59 Å². The van der Waals surface area contributed by atoms with Crippen LogP contribution in [-0.4, -0.2) is 47.9 Å². The molecule has 0 saturated carbocycles. The molecule has 0 aromatic carbocycles. The number of nitrogens with zero attached hydrogens (tertiary/aromatic N) is 2. The van der Waals surface area contributed by atoms with Crippen LogP contribution in [0.25, 0.3) is 0 Å². The molecule has 2 aliphatic heterocycles. The monoisotopic (exact) mass is 402 g/mol. The molecule has 2 N–H and O–H groups in total. The van der Waals surface area contributed by atoms with Gasteiger partial charge in [-0.2, -0.15) is 0 Å². The Bertz CT molecular complexity index is 591. The molecule has 2 aliphatic rings. The molecule has 1 aromatic heterocycles. The molecule has 0 spiro atoms. The predicted octanol–water partition coefficient (Wildman–Crippen LogP) is 2.41. The van der Waals surface area contributed by atoms with E-state index < -0.39 is 0 Å². The summed E-state index contributed by atoms with van der Waals surface area (Å²) >= 11 is 0. The van der Waals surface area contributed by atoms with E-state index >= 15 is 0 Å². The van der Waals surface area contributed by atoms with Gasteiger partial charge < -0.3 is 15.5 Å². The molecule has 2 unspecified atom stereocenters. The number of likely N-dealkylation sites (tertiary alicyclic amines) is 1. The van der Waals surface area contributed by atoms with Crippen molar-refractivity contribution in [1.29, 1.82) is 0 Å². The summed E-state index contributed by atoms with van der Waals surface area (Å²) in [6.45, 7) is 5.01. The SMILES string of the molecule is Cc1ccc(NC(=O)C2CCCN(C(=O)C3CCCNC3)C2)nc1.Cl.Cl. The Labute approximate surface area is 167 Å². The van der Waals surface area contributed by atoms with Crippen molar-refractivity contribution in [2.75, 3.05) is 31.5 Å². The first-order valence-electron chi connectivity index (χ1n) is 8.86. The third-order valence-corrected chi connectivity index (χ3v) is 4.91. The number of hydrogen-bond donors (Lipinski definition) is 2. The van der Waals surface area contributed by atoms with Gasteiger partial charge >= 0.3 is 0 Å². The van der Waals surface area contributed by atoms with Crippen molar-refractivity contribution in [3.63, 3.8) is 0 Å². The number of rotatable bonds is 3. The fourth-order valence-electron chi connectivity index (χ4n) is 3.48. The highest BCUT2D eigenvalue weighted by molar-refractivity contribution is 5.92. The molecular weight excluding hydrogens is 375 g/mol. The number of halogens is 2. The molecule has 26 heavy (non-hydrogen) atoms. The zero-order valence-corrected chi connectivity index (χ0v) is 16.7. The number of aryl methyl sites for hydroxylation is 1. The third kappa shape index (κ3) is 5.83. The van der Waals surface area contributed by atoms with Crippen molar-refractivity contribution in [2.45, 2.75) is 32.6 Å². The number of hydrogen-bond acceptors (Lipinski definition) is 4. The number of carbonyl (C=O) groups excluding carboxylic acids is 2. The number of anilines is 1. The van der Waals surface area contributed by atoms with E-state index in [0.717, 1.165) is 50.9 Å². The van der Waals surface area contributed by atoms with Crippen molar-refractivity contribution >= 4 is 42.4 Å². The van der Waals surface area contributed by atoms with Crippen molar-refractivity contribution in [2.24, 2.45) is 11.8 Å². The van der Waals surface area contributed by atoms with Gasteiger partial charge in [0, 0.05) is 25.8 Å². The molecule has 2 amide bonds. The Balaban J connectivity index is 0.00000169. The zero-order valence-electron chi connectivity index (χ0n) is 15.1. The van der Waals surface area contributed by atoms with Gasteiger partial charge in [-0.3, -0.25) is 9.59 Å². The van der Waals surface area contributed by atoms with E-state index in [1.54, 1.807) is 6.20 Å². The molecule has 2 saturated heterocycles. The normalized spacial score (nSPS) is 22.6. The summed E-state index contributed by atoms with van der Waals surface area (Å²) in [7, 11) is 0. The lowest BCUT2D eigenvalue weighted by atomic mass is 9.93. The van der Waals surface area contributed by atoms with E-state index in [0.29, 0.717) is 12.4 Å². The lowest BCUT2D eigenvalue weighted by Crippen LogP contribution is -2.48. The fraction of sp³-hybridized carbons (Fsp3) is 0.611. The molecule has 3 rings (SSSR count). The van der Waals surface area contributed by atoms with E-state index in [-0.39, 0.29) is 48.5 Å². The van der Waals surface area contributed by atoms with Gasteiger partial charge in [-0.15, -0.1) is 24.8 Å². The maximum atomic E-state index is 12.7. The number of amides is 2. The predicted molar refractivity (Wildman–Crippen MR) is 107 cm³/mol. The first-order chi connectivity index (χ1) is 11.6. The molecule has 0 bridgehead atoms. The van der Waals surface area contributed by atoms with E-state index in [2.05, 4.69) is 15.6 Å². The topological polar surface area (TPSA) is 74.3 Å². The Kier molecular flexibility index (Phi) is 9.33. The van der Waals surface area contributed by atoms with Gasteiger partial charge in [-0.05, 0) is 50.8 Å². The van der Waals surface area contributed by atoms with Gasteiger partial charge in [0.1, 0.15) is 5.82 Å². The van der Waals surface area contributed by atoms with Gasteiger partial charge in [0.15, 0.2) is 0 Å². The number of pyridine rings is 1. The number of nitrogens with one attached hydrogen (secondary N) is 2. The molecule has 2 atom stereocenters. The van der Waals surface area contributed by atoms with Crippen LogP contribution in [0.2, 0.25) is 0 Å². The molecule has 0 aliphatic carbocycles. The summed E-state index contributed by atoms with van der Waals surface area (Å²) < 4.78 is 0. The molecule has 3 heterocycles. The van der Waals surface area contributed by atoms with Crippen molar-refractivity contribution in [1.82, 2.24) is 15.2 Å². The minimum absolute atomic E-state index is 0. The molecule has 2 fully saturated rings. The second-order valence-electron chi connectivity index (χ2n) is 6.88. The number of aromatic nitrogens is 1. The molecule has 8 heteroatoms. The van der Waals surface area contributed by atoms with Crippen LogP contribution in [0.4, 0.5) is 5.82 Å². The maximum Gasteiger partial charge on any atom is 0.230 e. The average molecular weight is 403 g/mol. The summed E-state index contributed by atoms with van der Waals surface area (Å²) in [5, 5.41) is 6.17. The van der Waals surface area contributed by atoms with Gasteiger partial charge in [-0.25, -0.2) is 4.98 Å². The van der Waals surface area contributed by atoms with Crippen LogP contribution in [0.3, 0.4) is 0 Å². The zero-order chi connectivity index (χ0) is 16.9. The second kappa shape index (κ2) is 10.7. The summed E-state index contributed by atoms with van der Waals surface area (Å²) in [4.78, 5) is 31.3. The van der Waals surface area contributed by atoms with Crippen LogP contribution < -0.4 is 10.6 Å². The molecule has 6 nitrogen and oxygen atoms in total. The molecular formula is C18H28Cl2N4O2. The van der Waals surface area contributed by atoms with Gasteiger partial charge in [0.2, 0.25) is 11.8 Å². The first kappa shape index (κ1) is 22.7. The van der Waals surface area contributed by atoms with E-state index in [1.807, 2.05) is 24.0 Å². The molecule has 146 valence electrons. The van der Waals surface area contributed by atoms with Crippen molar-refractivity contribution in [3.8, 4) is 0 Å². The largest absolute Gasteiger partial charge is 0.342 e. The Morgan fingerprint density at radius 1 is 1.19 bits per heavy atom. The highest BCUT2D eigenvalue weighted by Gasteiger charge is 2.32. The highest BCUT2D eigenvalue weighted by Crippen LogP contribution is 2.22. The fourth-order valence-corrected chi connectivity index (χ4v) is 3.48. The lowest BCUT2D eigenvalue weighted by molar-refractivity contribution is -0.139. The maximum absolute atomic E-state index is 12.7. The van der Waals surface area contributed by atoms with Crippen LogP contribution in [0.15, 0.2) is 18.3 Å². The van der Waals surface area contributed by atoms with Crippen LogP contribution in [0, 0.1) is 18.8 Å². The lowest BCUT2D eigenvalue weighted by Gasteiger charge is -2.35. The van der Waals surface area contributed by atoms with Crippen LogP contribution >= 0.6 is 24.8 Å². The summed E-state index contributed by atoms with van der Waals surface area (Å²) in [5.74, 6) is 0.658. The minimum atomic E-state index is -0.151. The smallest absolute Gasteiger partial charge is 0.230 e. The van der Waals surface area contributed by atoms with E-state index in [4.69, 9.17) is 0 Å². The molecule has 0 radical (unpaired) electrons. The van der Waals surface area contributed by atoms with Gasteiger partial charge in [0.25, 0.3) is 0 Å². The van der Waals surface area contributed by atoms with Crippen LogP contribution in [0.1, 0.15) is 31.2 Å². The average Bonchev–Trinajstić information content (AvgIpc) is 2.64. The molecule has 1 aromatic rings. The van der Waals surface area contributed by atoms with Crippen molar-refractivity contribution in [3.05, 3.63) is 23.9 Å². The van der Waals surface area contributed by atoms with E-state index in [9.17, 15) is 9.59 Å². The summed E-state index contributed by atoms with van der Waals surface area (Å²) in [6.07, 6.45) is 5.44. The summed E-state index contributed by atoms with van der Waals surface area (Å²) in [6, 6.07) is 3.74. The standard InChI is InChI=1S/C18H26N4O2.2ClH/c1-13-6-7-16(20-10-13)21-17(23)15-5-3-9-22(12-15)18(24)14-4-2-8-19-11-14;;/h6-7,10,14-15,19H,2-5,8-9,11-12H2,1H3,(H,20,21,23);2*1H. The highest BCUT2D eigenvalue weighted by atomic mass is 35.5. The summed E-state index contributed by atoms with van der Waals surface area (Å²) in [5.41, 5.74) is 1.06. The number of carbonyl (C=O) groups is 2. The van der Waals surface area contributed by atoms with Crippen LogP contribution in [0.5, 0.6) is 0 Å². The van der Waals surface area contributed by atoms with E-state index in [1.165, 1.54) is 0 Å². The Hall–Kier alpha value is -1.37. The van der Waals surface area contributed by atoms with Crippen LogP contribution in [-0.2, 0) is 9.59 Å². The third-order valence-electron chi connectivity index (χ3n) is 4.91. The quantitative estimate of drug-likeness (QED) is 0.813. The van der Waals surface area contributed by atoms with Gasteiger partial charge in [-0.1, -0.05) is 6.07 Å². The number of piperidine rings is 2. The Morgan fingerprint density at radius 3 is 2.62 bits per heavy atom. The first-order valence-corrected chi connectivity index (χ1v) is 8.86. The minimum Gasteiger partial charge on any atom is -0.342 e. The second-order valence-corrected chi connectivity index (χ2v) is 6.88. The van der Waals surface area contributed by atoms with Gasteiger partial charge in [0.05, 0.1) is 11.8 Å².